The van der Waals surface area contributed by atoms with E-state index in [9.17, 15) is 13.2 Å². The lowest BCUT2D eigenvalue weighted by molar-refractivity contribution is -0.131. The van der Waals surface area contributed by atoms with Gasteiger partial charge in [0.25, 0.3) is 0 Å². The van der Waals surface area contributed by atoms with Gasteiger partial charge in [0.1, 0.15) is 4.90 Å². The summed E-state index contributed by atoms with van der Waals surface area (Å²) in [5.74, 6) is 0.353. The molecule has 1 aliphatic heterocycles. The van der Waals surface area contributed by atoms with E-state index in [1.807, 2.05) is 0 Å². The summed E-state index contributed by atoms with van der Waals surface area (Å²) >= 11 is 0. The fraction of sp³-hybridized carbons (Fsp3) is 0.692. The van der Waals surface area contributed by atoms with Crippen LogP contribution in [0.1, 0.15) is 30.7 Å². The van der Waals surface area contributed by atoms with Gasteiger partial charge in [-0.3, -0.25) is 9.89 Å². The Kier molecular flexibility index (Phi) is 3.53. The highest BCUT2D eigenvalue weighted by molar-refractivity contribution is 7.89. The standard InChI is InChI=1S/C13H20N4O3S/c1-8-12(9(2)15-14-8)21(19,20)16-11-5-6-17(7-11)13(18)10-3-4-10/h10-11,16H,3-7H2,1-2H3,(H,14,15). The molecule has 1 aromatic rings. The quantitative estimate of drug-likeness (QED) is 0.837. The van der Waals surface area contributed by atoms with Crippen molar-refractivity contribution >= 4 is 15.9 Å². The van der Waals surface area contributed by atoms with E-state index < -0.39 is 10.0 Å². The molecule has 1 unspecified atom stereocenters. The zero-order valence-electron chi connectivity index (χ0n) is 12.2. The summed E-state index contributed by atoms with van der Waals surface area (Å²) in [5.41, 5.74) is 0.993. The van der Waals surface area contributed by atoms with Crippen LogP contribution in [0.2, 0.25) is 0 Å². The summed E-state index contributed by atoms with van der Waals surface area (Å²) in [6.07, 6.45) is 2.60. The fourth-order valence-corrected chi connectivity index (χ4v) is 4.49. The van der Waals surface area contributed by atoms with Crippen molar-refractivity contribution < 1.29 is 13.2 Å². The average molecular weight is 312 g/mol. The molecule has 8 heteroatoms. The average Bonchev–Trinajstić information content (AvgIpc) is 3.06. The van der Waals surface area contributed by atoms with E-state index in [-0.39, 0.29) is 22.8 Å². The molecule has 2 fully saturated rings. The lowest BCUT2D eigenvalue weighted by atomic mass is 10.3. The van der Waals surface area contributed by atoms with E-state index in [2.05, 4.69) is 14.9 Å². The molecule has 7 nitrogen and oxygen atoms in total. The van der Waals surface area contributed by atoms with Gasteiger partial charge in [0.05, 0.1) is 11.4 Å². The number of sulfonamides is 1. The van der Waals surface area contributed by atoms with Crippen molar-refractivity contribution in [2.75, 3.05) is 13.1 Å². The monoisotopic (exact) mass is 312 g/mol. The largest absolute Gasteiger partial charge is 0.341 e. The highest BCUT2D eigenvalue weighted by atomic mass is 32.2. The predicted octanol–water partition coefficient (Wildman–Crippen LogP) is 0.316. The first-order valence-electron chi connectivity index (χ1n) is 7.21. The minimum atomic E-state index is -3.60. The van der Waals surface area contributed by atoms with E-state index in [1.54, 1.807) is 18.7 Å². The molecule has 2 aliphatic rings. The van der Waals surface area contributed by atoms with Gasteiger partial charge in [0, 0.05) is 25.0 Å². The van der Waals surface area contributed by atoms with Crippen LogP contribution in [0.25, 0.3) is 0 Å². The van der Waals surface area contributed by atoms with Crippen molar-refractivity contribution in [2.24, 2.45) is 5.92 Å². The number of H-pyrrole nitrogens is 1. The Bertz CT molecular complexity index is 643. The Morgan fingerprint density at radius 2 is 2.05 bits per heavy atom. The zero-order chi connectivity index (χ0) is 15.2. The van der Waals surface area contributed by atoms with Crippen LogP contribution in [-0.4, -0.2) is 48.6 Å². The molecule has 2 heterocycles. The Morgan fingerprint density at radius 3 is 2.62 bits per heavy atom. The third-order valence-corrected chi connectivity index (χ3v) is 5.86. The molecule has 2 N–H and O–H groups in total. The van der Waals surface area contributed by atoms with Gasteiger partial charge in [0.2, 0.25) is 15.9 Å². The molecule has 0 spiro atoms. The van der Waals surface area contributed by atoms with Crippen LogP contribution < -0.4 is 4.72 Å². The van der Waals surface area contributed by atoms with Gasteiger partial charge in [-0.2, -0.15) is 5.10 Å². The second kappa shape index (κ2) is 5.10. The molecule has 116 valence electrons. The molecule has 1 saturated heterocycles. The van der Waals surface area contributed by atoms with Crippen molar-refractivity contribution in [1.29, 1.82) is 0 Å². The minimum absolute atomic E-state index is 0.173. The first-order valence-corrected chi connectivity index (χ1v) is 8.69. The maximum Gasteiger partial charge on any atom is 0.244 e. The topological polar surface area (TPSA) is 95.2 Å². The SMILES string of the molecule is Cc1n[nH]c(C)c1S(=O)(=O)NC1CCN(C(=O)C2CC2)C1. The van der Waals surface area contributed by atoms with E-state index >= 15 is 0 Å². The number of amides is 1. The third-order valence-electron chi connectivity index (χ3n) is 4.08. The van der Waals surface area contributed by atoms with Crippen molar-refractivity contribution in [3.8, 4) is 0 Å². The van der Waals surface area contributed by atoms with Gasteiger partial charge in [0.15, 0.2) is 0 Å². The number of aromatic amines is 1. The molecule has 1 saturated carbocycles. The summed E-state index contributed by atoms with van der Waals surface area (Å²) in [7, 11) is -3.60. The molecule has 3 rings (SSSR count). The number of carbonyl (C=O) groups excluding carboxylic acids is 1. The number of nitrogens with zero attached hydrogens (tertiary/aromatic N) is 2. The molecule has 1 aliphatic carbocycles. The van der Waals surface area contributed by atoms with Crippen LogP contribution in [-0.2, 0) is 14.8 Å². The van der Waals surface area contributed by atoms with E-state index in [0.29, 0.717) is 30.9 Å². The summed E-state index contributed by atoms with van der Waals surface area (Å²) in [6.45, 7) is 4.44. The lowest BCUT2D eigenvalue weighted by Crippen LogP contribution is -2.39. The highest BCUT2D eigenvalue weighted by Crippen LogP contribution is 2.32. The van der Waals surface area contributed by atoms with Crippen LogP contribution in [0.3, 0.4) is 0 Å². The molecule has 0 aromatic carbocycles. The van der Waals surface area contributed by atoms with E-state index in [0.717, 1.165) is 12.8 Å². The molecule has 1 aromatic heterocycles. The summed E-state index contributed by atoms with van der Waals surface area (Å²) in [6, 6.07) is -0.216. The van der Waals surface area contributed by atoms with Gasteiger partial charge >= 0.3 is 0 Å². The number of aromatic nitrogens is 2. The van der Waals surface area contributed by atoms with Crippen molar-refractivity contribution in [3.05, 3.63) is 11.4 Å². The van der Waals surface area contributed by atoms with Gasteiger partial charge in [-0.05, 0) is 33.1 Å². The van der Waals surface area contributed by atoms with Crippen LogP contribution in [0.5, 0.6) is 0 Å². The molecule has 1 amide bonds. The first kappa shape index (κ1) is 14.5. The summed E-state index contributed by atoms with van der Waals surface area (Å²) in [4.78, 5) is 14.0. The lowest BCUT2D eigenvalue weighted by Gasteiger charge is -2.17. The number of nitrogens with one attached hydrogen (secondary N) is 2. The van der Waals surface area contributed by atoms with Gasteiger partial charge in [-0.15, -0.1) is 0 Å². The van der Waals surface area contributed by atoms with Gasteiger partial charge in [-0.1, -0.05) is 0 Å². The van der Waals surface area contributed by atoms with Crippen LogP contribution in [0, 0.1) is 19.8 Å². The van der Waals surface area contributed by atoms with Gasteiger partial charge < -0.3 is 4.90 Å². The predicted molar refractivity (Wildman–Crippen MR) is 76.1 cm³/mol. The number of hydrogen-bond donors (Lipinski definition) is 2. The highest BCUT2D eigenvalue weighted by Gasteiger charge is 2.38. The smallest absolute Gasteiger partial charge is 0.244 e. The molecular formula is C13H20N4O3S. The second-order valence-corrected chi connectivity index (χ2v) is 7.58. The van der Waals surface area contributed by atoms with Gasteiger partial charge in [-0.25, -0.2) is 13.1 Å². The third kappa shape index (κ3) is 2.82. The second-order valence-electron chi connectivity index (χ2n) is 5.93. The number of likely N-dealkylation sites (tertiary alicyclic amines) is 1. The molecular weight excluding hydrogens is 292 g/mol. The molecule has 0 radical (unpaired) electrons. The maximum absolute atomic E-state index is 12.4. The van der Waals surface area contributed by atoms with Crippen molar-refractivity contribution in [1.82, 2.24) is 19.8 Å². The number of carbonyl (C=O) groups is 1. The van der Waals surface area contributed by atoms with Crippen LogP contribution in [0.15, 0.2) is 4.90 Å². The summed E-state index contributed by atoms with van der Waals surface area (Å²) < 4.78 is 27.6. The molecule has 0 bridgehead atoms. The normalized spacial score (nSPS) is 22.8. The molecule has 21 heavy (non-hydrogen) atoms. The van der Waals surface area contributed by atoms with Crippen molar-refractivity contribution in [3.63, 3.8) is 0 Å². The fourth-order valence-electron chi connectivity index (χ4n) is 2.86. The van der Waals surface area contributed by atoms with Crippen LogP contribution in [0.4, 0.5) is 0 Å². The Morgan fingerprint density at radius 1 is 1.33 bits per heavy atom. The number of rotatable bonds is 4. The first-order chi connectivity index (χ1) is 9.88. The van der Waals surface area contributed by atoms with Crippen molar-refractivity contribution in [2.45, 2.75) is 44.0 Å². The summed E-state index contributed by atoms with van der Waals surface area (Å²) in [5, 5.41) is 6.61. The minimum Gasteiger partial charge on any atom is -0.341 e. The number of aryl methyl sites for hydroxylation is 2. The van der Waals surface area contributed by atoms with Crippen LogP contribution >= 0.6 is 0 Å². The Labute approximate surface area is 124 Å². The maximum atomic E-state index is 12.4. The zero-order valence-corrected chi connectivity index (χ0v) is 13.0. The van der Waals surface area contributed by atoms with E-state index in [1.165, 1.54) is 0 Å². The number of hydrogen-bond acceptors (Lipinski definition) is 4. The van der Waals surface area contributed by atoms with E-state index in [4.69, 9.17) is 0 Å². The Balaban J connectivity index is 1.68. The molecule has 1 atom stereocenters. The Hall–Kier alpha value is -1.41.